The Hall–Kier alpha value is -1.11. The predicted molar refractivity (Wildman–Crippen MR) is 79.4 cm³/mol. The van der Waals surface area contributed by atoms with E-state index in [0.717, 1.165) is 6.42 Å². The van der Waals surface area contributed by atoms with Crippen molar-refractivity contribution in [3.8, 4) is 0 Å². The molecule has 0 aromatic heterocycles. The molecule has 1 aliphatic heterocycles. The first-order valence-electron chi connectivity index (χ1n) is 6.89. The Morgan fingerprint density at radius 2 is 1.85 bits per heavy atom. The summed E-state index contributed by atoms with van der Waals surface area (Å²) in [6.45, 7) is 5.03. The summed E-state index contributed by atoms with van der Waals surface area (Å²) < 4.78 is 29.0. The third kappa shape index (κ3) is 3.50. The summed E-state index contributed by atoms with van der Waals surface area (Å²) in [6, 6.07) is 6.89. The van der Waals surface area contributed by atoms with Crippen LogP contribution in [0.15, 0.2) is 24.3 Å². The van der Waals surface area contributed by atoms with Gasteiger partial charge in [0.25, 0.3) is 0 Å². The molecular weight excluding hydrogens is 276 g/mol. The van der Waals surface area contributed by atoms with Gasteiger partial charge in [-0.15, -0.1) is 0 Å². The van der Waals surface area contributed by atoms with Gasteiger partial charge in [-0.3, -0.25) is 4.72 Å². The number of hydrogen-bond donors (Lipinski definition) is 2. The molecule has 0 radical (unpaired) electrons. The number of piperidine rings is 1. The molecule has 5 nitrogen and oxygen atoms in total. The molecule has 2 rings (SSSR count). The Kier molecular flexibility index (Phi) is 4.67. The quantitative estimate of drug-likeness (QED) is 0.890. The van der Waals surface area contributed by atoms with Crippen LogP contribution in [0.4, 0.5) is 5.69 Å². The van der Waals surface area contributed by atoms with E-state index >= 15 is 0 Å². The number of aliphatic hydroxyl groups excluding tert-OH is 1. The predicted octanol–water partition coefficient (Wildman–Crippen LogP) is 1.81. The molecule has 2 N–H and O–H groups in total. The molecule has 2 atom stereocenters. The Morgan fingerprint density at radius 1 is 1.25 bits per heavy atom. The van der Waals surface area contributed by atoms with Gasteiger partial charge in [0.1, 0.15) is 0 Å². The lowest BCUT2D eigenvalue weighted by atomic mass is 9.94. The van der Waals surface area contributed by atoms with E-state index < -0.39 is 10.2 Å². The largest absolute Gasteiger partial charge is 0.392 e. The molecule has 1 aliphatic rings. The van der Waals surface area contributed by atoms with Crippen molar-refractivity contribution in [2.24, 2.45) is 11.8 Å². The van der Waals surface area contributed by atoms with Gasteiger partial charge in [-0.25, -0.2) is 0 Å². The van der Waals surface area contributed by atoms with Crippen LogP contribution in [-0.4, -0.2) is 30.9 Å². The normalized spacial score (nSPS) is 24.6. The van der Waals surface area contributed by atoms with Gasteiger partial charge in [0.05, 0.1) is 12.3 Å². The monoisotopic (exact) mass is 298 g/mol. The maximum atomic E-state index is 12.4. The molecule has 6 heteroatoms. The van der Waals surface area contributed by atoms with Crippen molar-refractivity contribution >= 4 is 15.9 Å². The van der Waals surface area contributed by atoms with Crippen LogP contribution in [0.5, 0.6) is 0 Å². The lowest BCUT2D eigenvalue weighted by Gasteiger charge is -2.34. The molecule has 1 aromatic rings. The molecule has 1 aromatic carbocycles. The lowest BCUT2D eigenvalue weighted by molar-refractivity contribution is 0.223. The van der Waals surface area contributed by atoms with E-state index in [2.05, 4.69) is 18.6 Å². The fourth-order valence-corrected chi connectivity index (χ4v) is 4.27. The zero-order valence-electron chi connectivity index (χ0n) is 11.9. The van der Waals surface area contributed by atoms with Gasteiger partial charge >= 0.3 is 10.2 Å². The minimum Gasteiger partial charge on any atom is -0.392 e. The molecule has 1 heterocycles. The highest BCUT2D eigenvalue weighted by molar-refractivity contribution is 7.90. The van der Waals surface area contributed by atoms with E-state index in [-0.39, 0.29) is 6.61 Å². The highest BCUT2D eigenvalue weighted by atomic mass is 32.2. The summed E-state index contributed by atoms with van der Waals surface area (Å²) in [5.74, 6) is 0.729. The average Bonchev–Trinajstić information content (AvgIpc) is 2.38. The standard InChI is InChI=1S/C14H22N2O3S/c1-11-7-12(2)9-16(8-11)20(18,19)15-14-6-4-3-5-13(14)10-17/h3-6,11-12,15,17H,7-10H2,1-2H3. The number of nitrogens with zero attached hydrogens (tertiary/aromatic N) is 1. The van der Waals surface area contributed by atoms with Crippen LogP contribution in [0.3, 0.4) is 0 Å². The van der Waals surface area contributed by atoms with Crippen LogP contribution < -0.4 is 4.72 Å². The van der Waals surface area contributed by atoms with Crippen molar-refractivity contribution < 1.29 is 13.5 Å². The van der Waals surface area contributed by atoms with Crippen molar-refractivity contribution in [1.82, 2.24) is 4.31 Å². The van der Waals surface area contributed by atoms with Gasteiger partial charge < -0.3 is 5.11 Å². The van der Waals surface area contributed by atoms with Crippen LogP contribution in [0.25, 0.3) is 0 Å². The third-order valence-corrected chi connectivity index (χ3v) is 5.06. The van der Waals surface area contributed by atoms with Gasteiger partial charge in [0, 0.05) is 18.7 Å². The van der Waals surface area contributed by atoms with Gasteiger partial charge in [-0.05, 0) is 24.3 Å². The summed E-state index contributed by atoms with van der Waals surface area (Å²) in [5, 5.41) is 9.26. The minimum absolute atomic E-state index is 0.189. The van der Waals surface area contributed by atoms with Gasteiger partial charge in [-0.1, -0.05) is 32.0 Å². The number of para-hydroxylation sites is 1. The molecule has 0 amide bonds. The fraction of sp³-hybridized carbons (Fsp3) is 0.571. The second kappa shape index (κ2) is 6.11. The zero-order chi connectivity index (χ0) is 14.8. The number of benzene rings is 1. The molecule has 1 saturated heterocycles. The molecular formula is C14H22N2O3S. The highest BCUT2D eigenvalue weighted by Gasteiger charge is 2.30. The van der Waals surface area contributed by atoms with Crippen molar-refractivity contribution in [3.63, 3.8) is 0 Å². The summed E-state index contributed by atoms with van der Waals surface area (Å²) >= 11 is 0. The maximum Gasteiger partial charge on any atom is 0.301 e. The Balaban J connectivity index is 2.18. The minimum atomic E-state index is -3.56. The van der Waals surface area contributed by atoms with Gasteiger partial charge in [0.15, 0.2) is 0 Å². The molecule has 0 saturated carbocycles. The van der Waals surface area contributed by atoms with E-state index in [1.807, 2.05) is 0 Å². The summed E-state index contributed by atoms with van der Waals surface area (Å²) in [5.41, 5.74) is 1.02. The van der Waals surface area contributed by atoms with E-state index in [9.17, 15) is 13.5 Å². The van der Waals surface area contributed by atoms with Crippen molar-refractivity contribution in [2.45, 2.75) is 26.9 Å². The maximum absolute atomic E-state index is 12.4. The summed E-state index contributed by atoms with van der Waals surface area (Å²) in [4.78, 5) is 0. The number of rotatable bonds is 4. The number of aliphatic hydroxyl groups is 1. The Morgan fingerprint density at radius 3 is 2.45 bits per heavy atom. The fourth-order valence-electron chi connectivity index (χ4n) is 2.76. The lowest BCUT2D eigenvalue weighted by Crippen LogP contribution is -2.45. The van der Waals surface area contributed by atoms with Crippen LogP contribution in [0.2, 0.25) is 0 Å². The third-order valence-electron chi connectivity index (χ3n) is 3.60. The summed E-state index contributed by atoms with van der Waals surface area (Å²) in [7, 11) is -3.56. The molecule has 112 valence electrons. The summed E-state index contributed by atoms with van der Waals surface area (Å²) in [6.07, 6.45) is 1.05. The SMILES string of the molecule is CC1CC(C)CN(S(=O)(=O)Nc2ccccc2CO)C1. The first-order chi connectivity index (χ1) is 9.42. The number of hydrogen-bond acceptors (Lipinski definition) is 3. The average molecular weight is 298 g/mol. The Labute approximate surface area is 120 Å². The smallest absolute Gasteiger partial charge is 0.301 e. The molecule has 0 aliphatic carbocycles. The van der Waals surface area contributed by atoms with Crippen LogP contribution >= 0.6 is 0 Å². The van der Waals surface area contributed by atoms with Gasteiger partial charge in [-0.2, -0.15) is 12.7 Å². The van der Waals surface area contributed by atoms with Crippen molar-refractivity contribution in [2.75, 3.05) is 17.8 Å². The van der Waals surface area contributed by atoms with E-state index in [0.29, 0.717) is 36.2 Å². The molecule has 2 unspecified atom stereocenters. The highest BCUT2D eigenvalue weighted by Crippen LogP contribution is 2.25. The number of nitrogens with one attached hydrogen (secondary N) is 1. The topological polar surface area (TPSA) is 69.6 Å². The molecule has 20 heavy (non-hydrogen) atoms. The first-order valence-corrected chi connectivity index (χ1v) is 8.33. The van der Waals surface area contributed by atoms with Crippen LogP contribution in [0, 0.1) is 11.8 Å². The second-order valence-corrected chi connectivity index (χ2v) is 7.36. The van der Waals surface area contributed by atoms with Crippen molar-refractivity contribution in [3.05, 3.63) is 29.8 Å². The number of anilines is 1. The molecule has 0 spiro atoms. The van der Waals surface area contributed by atoms with Crippen LogP contribution in [-0.2, 0) is 16.8 Å². The van der Waals surface area contributed by atoms with E-state index in [4.69, 9.17) is 0 Å². The first kappa shape index (κ1) is 15.3. The van der Waals surface area contributed by atoms with Crippen molar-refractivity contribution in [1.29, 1.82) is 0 Å². The zero-order valence-corrected chi connectivity index (χ0v) is 12.7. The molecule has 0 bridgehead atoms. The second-order valence-electron chi connectivity index (χ2n) is 5.69. The van der Waals surface area contributed by atoms with E-state index in [1.165, 1.54) is 4.31 Å². The molecule has 1 fully saturated rings. The van der Waals surface area contributed by atoms with Crippen LogP contribution in [0.1, 0.15) is 25.8 Å². The van der Waals surface area contributed by atoms with Gasteiger partial charge in [0.2, 0.25) is 0 Å². The Bertz CT molecular complexity index is 549. The van der Waals surface area contributed by atoms with E-state index in [1.54, 1.807) is 24.3 Å².